The van der Waals surface area contributed by atoms with Crippen LogP contribution in [0.3, 0.4) is 0 Å². The van der Waals surface area contributed by atoms with Gasteiger partial charge in [-0.05, 0) is 54.1 Å². The summed E-state index contributed by atoms with van der Waals surface area (Å²) in [6.45, 7) is -0.0180. The number of hydrogen-bond donors (Lipinski definition) is 1. The fraction of sp³-hybridized carbons (Fsp3) is 0.0800. The standard InChI is InChI=1S/C25H18FN3O6S/c1-36(31,32)29-18-8-4-15(5-9-18)21-13-34-22-12-19(10-11-20(22)24(21)30)33-14-23-27-28-25(35-23)16-2-6-17(26)7-3-16/h2-13,29H,14H2,1H3. The number of halogens is 1. The summed E-state index contributed by atoms with van der Waals surface area (Å²) < 4.78 is 55.1. The van der Waals surface area contributed by atoms with E-state index in [4.69, 9.17) is 13.6 Å². The number of anilines is 1. The number of sulfonamides is 1. The molecule has 5 aromatic rings. The lowest BCUT2D eigenvalue weighted by atomic mass is 10.1. The highest BCUT2D eigenvalue weighted by molar-refractivity contribution is 7.92. The number of hydrogen-bond acceptors (Lipinski definition) is 8. The van der Waals surface area contributed by atoms with Crippen molar-refractivity contribution < 1.29 is 26.4 Å². The van der Waals surface area contributed by atoms with Gasteiger partial charge in [0.2, 0.25) is 15.9 Å². The number of nitrogens with one attached hydrogen (secondary N) is 1. The largest absolute Gasteiger partial charge is 0.484 e. The average Bonchev–Trinajstić information content (AvgIpc) is 3.32. The summed E-state index contributed by atoms with van der Waals surface area (Å²) in [6, 6.07) is 16.9. The van der Waals surface area contributed by atoms with Gasteiger partial charge in [0.15, 0.2) is 12.0 Å². The van der Waals surface area contributed by atoms with Crippen LogP contribution in [-0.4, -0.2) is 24.9 Å². The van der Waals surface area contributed by atoms with Crippen LogP contribution in [-0.2, 0) is 16.6 Å². The first-order chi connectivity index (χ1) is 17.2. The van der Waals surface area contributed by atoms with Crippen molar-refractivity contribution in [2.75, 3.05) is 11.0 Å². The van der Waals surface area contributed by atoms with Gasteiger partial charge < -0.3 is 13.6 Å². The van der Waals surface area contributed by atoms with Gasteiger partial charge in [0.25, 0.3) is 5.89 Å². The number of nitrogens with zero attached hydrogens (tertiary/aromatic N) is 2. The molecule has 1 N–H and O–H groups in total. The van der Waals surface area contributed by atoms with Crippen molar-refractivity contribution in [1.29, 1.82) is 0 Å². The van der Waals surface area contributed by atoms with E-state index in [1.54, 1.807) is 42.5 Å². The Morgan fingerprint density at radius 3 is 2.42 bits per heavy atom. The third-order valence-corrected chi connectivity index (χ3v) is 5.77. The molecule has 9 nitrogen and oxygen atoms in total. The molecule has 0 radical (unpaired) electrons. The van der Waals surface area contributed by atoms with Crippen LogP contribution in [0.5, 0.6) is 5.75 Å². The van der Waals surface area contributed by atoms with E-state index in [9.17, 15) is 17.6 Å². The van der Waals surface area contributed by atoms with E-state index in [1.165, 1.54) is 30.5 Å². The first-order valence-corrected chi connectivity index (χ1v) is 12.5. The summed E-state index contributed by atoms with van der Waals surface area (Å²) in [5.41, 5.74) is 1.97. The van der Waals surface area contributed by atoms with Gasteiger partial charge in [-0.1, -0.05) is 12.1 Å². The Morgan fingerprint density at radius 2 is 1.69 bits per heavy atom. The van der Waals surface area contributed by atoms with Crippen LogP contribution in [0.1, 0.15) is 5.89 Å². The molecule has 3 aromatic carbocycles. The number of fused-ring (bicyclic) bond motifs is 1. The summed E-state index contributed by atoms with van der Waals surface area (Å²) in [4.78, 5) is 13.0. The Labute approximate surface area is 204 Å². The van der Waals surface area contributed by atoms with Crippen molar-refractivity contribution in [3.8, 4) is 28.3 Å². The van der Waals surface area contributed by atoms with Gasteiger partial charge in [0.1, 0.15) is 23.4 Å². The van der Waals surface area contributed by atoms with Crippen molar-refractivity contribution in [3.63, 3.8) is 0 Å². The van der Waals surface area contributed by atoms with E-state index < -0.39 is 10.0 Å². The van der Waals surface area contributed by atoms with Crippen LogP contribution in [0, 0.1) is 5.82 Å². The molecule has 182 valence electrons. The van der Waals surface area contributed by atoms with Crippen molar-refractivity contribution in [2.45, 2.75) is 6.61 Å². The summed E-state index contributed by atoms with van der Waals surface area (Å²) in [5, 5.41) is 8.23. The van der Waals surface area contributed by atoms with Gasteiger partial charge in [0.05, 0.1) is 17.2 Å². The fourth-order valence-corrected chi connectivity index (χ4v) is 4.06. The van der Waals surface area contributed by atoms with Crippen LogP contribution < -0.4 is 14.9 Å². The van der Waals surface area contributed by atoms with Crippen molar-refractivity contribution >= 4 is 26.7 Å². The van der Waals surface area contributed by atoms with Crippen LogP contribution in [0.2, 0.25) is 0 Å². The fourth-order valence-electron chi connectivity index (χ4n) is 3.50. The zero-order chi connectivity index (χ0) is 25.3. The smallest absolute Gasteiger partial charge is 0.254 e. The molecule has 2 aromatic heterocycles. The quantitative estimate of drug-likeness (QED) is 0.339. The molecule has 5 rings (SSSR count). The lowest BCUT2D eigenvalue weighted by Gasteiger charge is -2.07. The molecule has 0 atom stereocenters. The minimum atomic E-state index is -3.40. The second-order valence-corrected chi connectivity index (χ2v) is 9.63. The maximum absolute atomic E-state index is 13.1. The molecule has 0 spiro atoms. The summed E-state index contributed by atoms with van der Waals surface area (Å²) in [7, 11) is -3.40. The Hall–Kier alpha value is -4.51. The molecular weight excluding hydrogens is 489 g/mol. The first-order valence-electron chi connectivity index (χ1n) is 10.6. The normalized spacial score (nSPS) is 11.5. The highest BCUT2D eigenvalue weighted by Crippen LogP contribution is 2.25. The first kappa shape index (κ1) is 23.2. The molecule has 0 aliphatic rings. The zero-order valence-corrected chi connectivity index (χ0v) is 19.6. The number of aromatic nitrogens is 2. The number of ether oxygens (including phenoxy) is 1. The molecule has 0 bridgehead atoms. The predicted molar refractivity (Wildman–Crippen MR) is 130 cm³/mol. The lowest BCUT2D eigenvalue weighted by molar-refractivity contribution is 0.264. The predicted octanol–water partition coefficient (Wildman–Crippen LogP) is 4.60. The highest BCUT2D eigenvalue weighted by Gasteiger charge is 2.13. The zero-order valence-electron chi connectivity index (χ0n) is 18.8. The Kier molecular flexibility index (Phi) is 5.98. The third kappa shape index (κ3) is 5.10. The minimum absolute atomic E-state index is 0.0180. The van der Waals surface area contributed by atoms with E-state index >= 15 is 0 Å². The molecule has 0 aliphatic carbocycles. The minimum Gasteiger partial charge on any atom is -0.484 e. The van der Waals surface area contributed by atoms with E-state index in [1.807, 2.05) is 0 Å². The monoisotopic (exact) mass is 507 g/mol. The van der Waals surface area contributed by atoms with Crippen LogP contribution in [0.4, 0.5) is 10.1 Å². The molecular formula is C25H18FN3O6S. The highest BCUT2D eigenvalue weighted by atomic mass is 32.2. The molecule has 0 aliphatic heterocycles. The summed E-state index contributed by atoms with van der Waals surface area (Å²) >= 11 is 0. The second kappa shape index (κ2) is 9.27. The third-order valence-electron chi connectivity index (χ3n) is 5.17. The van der Waals surface area contributed by atoms with Gasteiger partial charge in [-0.3, -0.25) is 9.52 Å². The van der Waals surface area contributed by atoms with Gasteiger partial charge in [-0.2, -0.15) is 0 Å². The van der Waals surface area contributed by atoms with Gasteiger partial charge >= 0.3 is 0 Å². The Bertz CT molecular complexity index is 1710. The van der Waals surface area contributed by atoms with Crippen LogP contribution >= 0.6 is 0 Å². The SMILES string of the molecule is CS(=O)(=O)Nc1ccc(-c2coc3cc(OCc4nnc(-c5ccc(F)cc5)o4)ccc3c2=O)cc1. The number of benzene rings is 3. The molecule has 2 heterocycles. The average molecular weight is 507 g/mol. The van der Waals surface area contributed by atoms with Gasteiger partial charge in [-0.25, -0.2) is 12.8 Å². The molecule has 11 heteroatoms. The maximum Gasteiger partial charge on any atom is 0.254 e. The molecule has 0 unspecified atom stereocenters. The van der Waals surface area contributed by atoms with Crippen molar-refractivity contribution in [3.05, 3.63) is 94.9 Å². The Balaban J connectivity index is 1.32. The van der Waals surface area contributed by atoms with E-state index in [-0.39, 0.29) is 29.6 Å². The molecule has 0 fully saturated rings. The van der Waals surface area contributed by atoms with Crippen molar-refractivity contribution in [1.82, 2.24) is 10.2 Å². The van der Waals surface area contributed by atoms with E-state index in [0.717, 1.165) is 6.26 Å². The maximum atomic E-state index is 13.1. The van der Waals surface area contributed by atoms with Gasteiger partial charge in [0, 0.05) is 17.3 Å². The molecule has 0 saturated carbocycles. The topological polar surface area (TPSA) is 125 Å². The summed E-state index contributed by atoms with van der Waals surface area (Å²) in [5.74, 6) is 0.527. The van der Waals surface area contributed by atoms with Crippen LogP contribution in [0.25, 0.3) is 33.6 Å². The summed E-state index contributed by atoms with van der Waals surface area (Å²) in [6.07, 6.45) is 2.41. The number of rotatable bonds is 7. The van der Waals surface area contributed by atoms with Gasteiger partial charge in [-0.15, -0.1) is 10.2 Å². The molecule has 0 saturated heterocycles. The van der Waals surface area contributed by atoms with Crippen molar-refractivity contribution in [2.24, 2.45) is 0 Å². The van der Waals surface area contributed by atoms with E-state index in [2.05, 4.69) is 14.9 Å². The Morgan fingerprint density at radius 1 is 0.972 bits per heavy atom. The second-order valence-electron chi connectivity index (χ2n) is 7.88. The van der Waals surface area contributed by atoms with E-state index in [0.29, 0.717) is 39.1 Å². The van der Waals surface area contributed by atoms with Crippen LogP contribution in [0.15, 0.2) is 86.6 Å². The lowest BCUT2D eigenvalue weighted by Crippen LogP contribution is -2.09. The molecule has 36 heavy (non-hydrogen) atoms. The molecule has 0 amide bonds.